The lowest BCUT2D eigenvalue weighted by Crippen LogP contribution is -2.40. The Bertz CT molecular complexity index is 1350. The van der Waals surface area contributed by atoms with Gasteiger partial charge in [-0.1, -0.05) is 41.9 Å². The first-order valence-corrected chi connectivity index (χ1v) is 13.8. The molecule has 204 valence electrons. The van der Waals surface area contributed by atoms with E-state index in [-0.39, 0.29) is 5.02 Å². The summed E-state index contributed by atoms with van der Waals surface area (Å²) in [5.74, 6) is -0.657. The third-order valence-corrected chi connectivity index (χ3v) is 8.54. The minimum absolute atomic E-state index is 0.379. The van der Waals surface area contributed by atoms with Crippen molar-refractivity contribution in [2.75, 3.05) is 29.9 Å². The van der Waals surface area contributed by atoms with Gasteiger partial charge in [0.1, 0.15) is 4.90 Å². The number of amides is 1. The molecule has 0 aliphatic carbocycles. The molecular weight excluding hydrogens is 539 g/mol. The van der Waals surface area contributed by atoms with Gasteiger partial charge in [-0.3, -0.25) is 4.79 Å². The largest absolute Gasteiger partial charge is 0.416 e. The predicted molar refractivity (Wildman–Crippen MR) is 144 cm³/mol. The Morgan fingerprint density at radius 1 is 0.974 bits per heavy atom. The van der Waals surface area contributed by atoms with Crippen molar-refractivity contribution in [1.82, 2.24) is 4.31 Å². The highest BCUT2D eigenvalue weighted by atomic mass is 35.5. The molecule has 0 aliphatic heterocycles. The number of hydrogen-bond acceptors (Lipinski definition) is 4. The highest BCUT2D eigenvalue weighted by Crippen LogP contribution is 2.36. The van der Waals surface area contributed by atoms with E-state index in [2.05, 4.69) is 10.2 Å². The van der Waals surface area contributed by atoms with Crippen LogP contribution in [-0.4, -0.2) is 38.3 Å². The highest BCUT2D eigenvalue weighted by molar-refractivity contribution is 7.89. The number of alkyl halides is 3. The summed E-state index contributed by atoms with van der Waals surface area (Å²) in [5, 5.41) is 2.30. The van der Waals surface area contributed by atoms with Gasteiger partial charge in [-0.25, -0.2) is 8.42 Å². The monoisotopic (exact) mass is 567 g/mol. The minimum Gasteiger partial charge on any atom is -0.372 e. The van der Waals surface area contributed by atoms with Gasteiger partial charge in [-0.05, 0) is 68.8 Å². The van der Waals surface area contributed by atoms with Crippen LogP contribution >= 0.6 is 11.6 Å². The zero-order chi connectivity index (χ0) is 28.1. The number of anilines is 2. The summed E-state index contributed by atoms with van der Waals surface area (Å²) in [5.41, 5.74) is 0.808. The smallest absolute Gasteiger partial charge is 0.372 e. The van der Waals surface area contributed by atoms with E-state index in [9.17, 15) is 26.4 Å². The standard InChI is InChI=1S/C27H29ClF3N3O3S/c1-4-33(5-2)23-14-12-22(13-15-23)32-26(35)18-34(19(3)20-9-7-6-8-10-20)38(36,37)25-17-21(27(29,30)31)11-16-24(25)28/h6-17,19H,4-5,18H2,1-3H3,(H,32,35)/t19-/m1/s1. The Morgan fingerprint density at radius 2 is 1.58 bits per heavy atom. The van der Waals surface area contributed by atoms with Crippen LogP contribution in [0.3, 0.4) is 0 Å². The van der Waals surface area contributed by atoms with Crippen molar-refractivity contribution in [3.05, 3.63) is 88.9 Å². The third-order valence-electron chi connectivity index (χ3n) is 6.14. The van der Waals surface area contributed by atoms with Gasteiger partial charge >= 0.3 is 6.18 Å². The Morgan fingerprint density at radius 3 is 2.13 bits per heavy atom. The molecule has 0 aliphatic rings. The van der Waals surface area contributed by atoms with Crippen molar-refractivity contribution in [3.8, 4) is 0 Å². The van der Waals surface area contributed by atoms with Crippen LogP contribution in [0.25, 0.3) is 0 Å². The number of carbonyl (C=O) groups is 1. The Kier molecular flexibility index (Phi) is 9.45. The van der Waals surface area contributed by atoms with E-state index in [1.807, 2.05) is 26.0 Å². The summed E-state index contributed by atoms with van der Waals surface area (Å²) in [6.07, 6.45) is -4.78. The summed E-state index contributed by atoms with van der Waals surface area (Å²) >= 11 is 6.08. The van der Waals surface area contributed by atoms with Crippen LogP contribution in [0, 0.1) is 0 Å². The van der Waals surface area contributed by atoms with Crippen LogP contribution in [0.15, 0.2) is 77.7 Å². The fraction of sp³-hybridized carbons (Fsp3) is 0.296. The third kappa shape index (κ3) is 6.86. The van der Waals surface area contributed by atoms with Crippen molar-refractivity contribution in [2.45, 2.75) is 37.9 Å². The van der Waals surface area contributed by atoms with Gasteiger partial charge in [-0.2, -0.15) is 17.5 Å². The van der Waals surface area contributed by atoms with Gasteiger partial charge in [0.15, 0.2) is 0 Å². The molecule has 3 rings (SSSR count). The van der Waals surface area contributed by atoms with Gasteiger partial charge in [0, 0.05) is 30.5 Å². The quantitative estimate of drug-likeness (QED) is 0.300. The average molecular weight is 568 g/mol. The molecule has 1 N–H and O–H groups in total. The Hall–Kier alpha value is -3.08. The molecule has 0 saturated heterocycles. The van der Waals surface area contributed by atoms with Gasteiger partial charge in [0.2, 0.25) is 15.9 Å². The Labute approximate surface area is 226 Å². The van der Waals surface area contributed by atoms with Crippen molar-refractivity contribution >= 4 is 38.9 Å². The lowest BCUT2D eigenvalue weighted by atomic mass is 10.1. The van der Waals surface area contributed by atoms with Gasteiger partial charge in [0.25, 0.3) is 0 Å². The molecular formula is C27H29ClF3N3O3S. The molecule has 0 radical (unpaired) electrons. The lowest BCUT2D eigenvalue weighted by Gasteiger charge is -2.29. The van der Waals surface area contributed by atoms with E-state index in [1.165, 1.54) is 0 Å². The first-order chi connectivity index (χ1) is 17.9. The SMILES string of the molecule is CCN(CC)c1ccc(NC(=O)CN([C@H](C)c2ccccc2)S(=O)(=O)c2cc(C(F)(F)F)ccc2Cl)cc1. The number of nitrogens with zero attached hydrogens (tertiary/aromatic N) is 2. The molecule has 38 heavy (non-hydrogen) atoms. The molecule has 0 aromatic heterocycles. The van der Waals surface area contributed by atoms with Crippen LogP contribution in [0.1, 0.15) is 37.9 Å². The van der Waals surface area contributed by atoms with Crippen molar-refractivity contribution in [3.63, 3.8) is 0 Å². The molecule has 0 heterocycles. The van der Waals surface area contributed by atoms with Crippen molar-refractivity contribution in [1.29, 1.82) is 0 Å². The molecule has 0 spiro atoms. The lowest BCUT2D eigenvalue weighted by molar-refractivity contribution is -0.137. The van der Waals surface area contributed by atoms with E-state index in [0.29, 0.717) is 23.4 Å². The molecule has 11 heteroatoms. The van der Waals surface area contributed by atoms with Gasteiger partial charge in [0.05, 0.1) is 17.1 Å². The molecule has 0 saturated carbocycles. The molecule has 6 nitrogen and oxygen atoms in total. The van der Waals surface area contributed by atoms with Crippen LogP contribution < -0.4 is 10.2 Å². The number of rotatable bonds is 10. The molecule has 1 atom stereocenters. The first-order valence-electron chi connectivity index (χ1n) is 12.0. The summed E-state index contributed by atoms with van der Waals surface area (Å²) in [6.45, 7) is 6.58. The van der Waals surface area contributed by atoms with E-state index < -0.39 is 45.2 Å². The van der Waals surface area contributed by atoms with Crippen LogP contribution in [0.5, 0.6) is 0 Å². The topological polar surface area (TPSA) is 69.7 Å². The molecule has 3 aromatic carbocycles. The molecule has 3 aromatic rings. The van der Waals surface area contributed by atoms with E-state index >= 15 is 0 Å². The van der Waals surface area contributed by atoms with Gasteiger partial charge < -0.3 is 10.2 Å². The number of nitrogens with one attached hydrogen (secondary N) is 1. The molecule has 0 bridgehead atoms. The highest BCUT2D eigenvalue weighted by Gasteiger charge is 2.37. The fourth-order valence-electron chi connectivity index (χ4n) is 4.02. The number of halogens is 4. The van der Waals surface area contributed by atoms with E-state index in [0.717, 1.165) is 29.1 Å². The minimum atomic E-state index is -4.78. The second-order valence-corrected chi connectivity index (χ2v) is 10.8. The van der Waals surface area contributed by atoms with Crippen LogP contribution in [0.4, 0.5) is 24.5 Å². The van der Waals surface area contributed by atoms with E-state index in [4.69, 9.17) is 11.6 Å². The maximum Gasteiger partial charge on any atom is 0.416 e. The Balaban J connectivity index is 1.95. The number of hydrogen-bond donors (Lipinski definition) is 1. The zero-order valence-corrected chi connectivity index (χ0v) is 22.7. The molecule has 0 unspecified atom stereocenters. The number of sulfonamides is 1. The maximum absolute atomic E-state index is 13.7. The van der Waals surface area contributed by atoms with Gasteiger partial charge in [-0.15, -0.1) is 0 Å². The normalized spacial score (nSPS) is 12.8. The summed E-state index contributed by atoms with van der Waals surface area (Å²) in [7, 11) is -4.64. The zero-order valence-electron chi connectivity index (χ0n) is 21.2. The summed E-state index contributed by atoms with van der Waals surface area (Å²) in [4.78, 5) is 14.4. The molecule has 1 amide bonds. The second kappa shape index (κ2) is 12.2. The summed E-state index contributed by atoms with van der Waals surface area (Å²) in [6, 6.07) is 16.8. The number of carbonyl (C=O) groups excluding carboxylic acids is 1. The molecule has 0 fully saturated rings. The fourth-order valence-corrected chi connectivity index (χ4v) is 6.10. The summed E-state index contributed by atoms with van der Waals surface area (Å²) < 4.78 is 68.4. The van der Waals surface area contributed by atoms with Crippen molar-refractivity contribution < 1.29 is 26.4 Å². The number of benzene rings is 3. The van der Waals surface area contributed by atoms with Crippen LogP contribution in [0.2, 0.25) is 5.02 Å². The first kappa shape index (κ1) is 29.5. The second-order valence-electron chi connectivity index (χ2n) is 8.55. The predicted octanol–water partition coefficient (Wildman–Crippen LogP) is 6.60. The van der Waals surface area contributed by atoms with Crippen LogP contribution in [-0.2, 0) is 21.0 Å². The average Bonchev–Trinajstić information content (AvgIpc) is 2.88. The van der Waals surface area contributed by atoms with Crippen molar-refractivity contribution in [2.24, 2.45) is 0 Å². The maximum atomic E-state index is 13.7. The van der Waals surface area contributed by atoms with E-state index in [1.54, 1.807) is 49.4 Å².